The van der Waals surface area contributed by atoms with Crippen LogP contribution in [-0.2, 0) is 5.41 Å². The van der Waals surface area contributed by atoms with E-state index in [1.807, 2.05) is 0 Å². The van der Waals surface area contributed by atoms with Crippen LogP contribution >= 0.6 is 0 Å². The van der Waals surface area contributed by atoms with E-state index in [4.69, 9.17) is 0 Å². The van der Waals surface area contributed by atoms with Crippen LogP contribution in [0.3, 0.4) is 0 Å². The highest BCUT2D eigenvalue weighted by atomic mass is 14.3. The van der Waals surface area contributed by atoms with E-state index in [1.54, 1.807) is 5.56 Å². The monoisotopic (exact) mass is 258 g/mol. The van der Waals surface area contributed by atoms with E-state index in [1.165, 1.54) is 30.4 Å². The zero-order valence-corrected chi connectivity index (χ0v) is 13.6. The van der Waals surface area contributed by atoms with Crippen molar-refractivity contribution in [1.82, 2.24) is 0 Å². The molecule has 106 valence electrons. The van der Waals surface area contributed by atoms with Crippen molar-refractivity contribution in [3.63, 3.8) is 0 Å². The van der Waals surface area contributed by atoms with Gasteiger partial charge in [0.05, 0.1) is 0 Å². The second-order valence-electron chi connectivity index (χ2n) is 7.76. The lowest BCUT2D eigenvalue weighted by atomic mass is 9.70. The molecule has 1 aromatic rings. The number of rotatable bonds is 1. The quantitative estimate of drug-likeness (QED) is 0.594. The zero-order chi connectivity index (χ0) is 14.2. The standard InChI is InChI=1S/C19H30/c1-13-10-16(12-17(11-13)19(4,5)6)18-9-7-8-14(2)15(18)3/h10-12,14-15,18H,7-9H2,1-6H3/t14-,15?,18+/m1/s1. The second-order valence-corrected chi connectivity index (χ2v) is 7.76. The van der Waals surface area contributed by atoms with Gasteiger partial charge in [-0.2, -0.15) is 0 Å². The lowest BCUT2D eigenvalue weighted by Crippen LogP contribution is -2.23. The maximum atomic E-state index is 2.48. The predicted octanol–water partition coefficient (Wildman–Crippen LogP) is 5.83. The van der Waals surface area contributed by atoms with Gasteiger partial charge in [0.1, 0.15) is 0 Å². The van der Waals surface area contributed by atoms with Crippen LogP contribution in [0, 0.1) is 18.8 Å². The first-order valence-electron chi connectivity index (χ1n) is 7.91. The Morgan fingerprint density at radius 1 is 1.00 bits per heavy atom. The molecular formula is C19H30. The third-order valence-corrected chi connectivity index (χ3v) is 5.10. The van der Waals surface area contributed by atoms with Gasteiger partial charge < -0.3 is 0 Å². The zero-order valence-electron chi connectivity index (χ0n) is 13.6. The number of hydrogen-bond donors (Lipinski definition) is 0. The van der Waals surface area contributed by atoms with Gasteiger partial charge in [0.2, 0.25) is 0 Å². The first-order valence-corrected chi connectivity index (χ1v) is 7.91. The summed E-state index contributed by atoms with van der Waals surface area (Å²) in [6, 6.07) is 7.26. The third kappa shape index (κ3) is 3.22. The first-order chi connectivity index (χ1) is 8.79. The molecule has 19 heavy (non-hydrogen) atoms. The van der Waals surface area contributed by atoms with Gasteiger partial charge in [-0.05, 0) is 47.6 Å². The molecule has 0 bridgehead atoms. The molecule has 3 atom stereocenters. The molecule has 1 unspecified atom stereocenters. The van der Waals surface area contributed by atoms with Crippen molar-refractivity contribution >= 4 is 0 Å². The second kappa shape index (κ2) is 5.31. The number of benzene rings is 1. The Kier molecular flexibility index (Phi) is 4.08. The van der Waals surface area contributed by atoms with Crippen LogP contribution in [0.2, 0.25) is 0 Å². The van der Waals surface area contributed by atoms with Gasteiger partial charge in [-0.15, -0.1) is 0 Å². The molecule has 1 aliphatic carbocycles. The Morgan fingerprint density at radius 2 is 1.68 bits per heavy atom. The highest BCUT2D eigenvalue weighted by molar-refractivity contribution is 5.35. The van der Waals surface area contributed by atoms with Crippen molar-refractivity contribution in [3.8, 4) is 0 Å². The molecule has 1 fully saturated rings. The van der Waals surface area contributed by atoms with E-state index >= 15 is 0 Å². The van der Waals surface area contributed by atoms with Crippen molar-refractivity contribution in [1.29, 1.82) is 0 Å². The summed E-state index contributed by atoms with van der Waals surface area (Å²) < 4.78 is 0. The van der Waals surface area contributed by atoms with Crippen molar-refractivity contribution in [3.05, 3.63) is 34.9 Å². The SMILES string of the molecule is Cc1cc([C@H]2CCC[C@@H](C)C2C)cc(C(C)(C)C)c1. The van der Waals surface area contributed by atoms with Gasteiger partial charge in [-0.3, -0.25) is 0 Å². The van der Waals surface area contributed by atoms with E-state index in [9.17, 15) is 0 Å². The smallest absolute Gasteiger partial charge is 0.0132 e. The lowest BCUT2D eigenvalue weighted by Gasteiger charge is -2.35. The first kappa shape index (κ1) is 14.6. The Morgan fingerprint density at radius 3 is 2.32 bits per heavy atom. The Hall–Kier alpha value is -0.780. The van der Waals surface area contributed by atoms with Crippen LogP contribution in [0.5, 0.6) is 0 Å². The minimum absolute atomic E-state index is 0.254. The van der Waals surface area contributed by atoms with Gasteiger partial charge in [0, 0.05) is 0 Å². The number of aryl methyl sites for hydroxylation is 1. The minimum atomic E-state index is 0.254. The largest absolute Gasteiger partial charge is 0.0622 e. The summed E-state index contributed by atoms with van der Waals surface area (Å²) in [6.07, 6.45) is 4.18. The van der Waals surface area contributed by atoms with E-state index in [0.29, 0.717) is 0 Å². The fourth-order valence-corrected chi connectivity index (χ4v) is 3.51. The highest BCUT2D eigenvalue weighted by Gasteiger charge is 2.29. The van der Waals surface area contributed by atoms with Gasteiger partial charge >= 0.3 is 0 Å². The van der Waals surface area contributed by atoms with E-state index in [0.717, 1.165) is 17.8 Å². The van der Waals surface area contributed by atoms with Crippen LogP contribution in [0.15, 0.2) is 18.2 Å². The van der Waals surface area contributed by atoms with Crippen molar-refractivity contribution in [2.24, 2.45) is 11.8 Å². The minimum Gasteiger partial charge on any atom is -0.0622 e. The molecule has 0 spiro atoms. The fraction of sp³-hybridized carbons (Fsp3) is 0.684. The van der Waals surface area contributed by atoms with Crippen LogP contribution < -0.4 is 0 Å². The van der Waals surface area contributed by atoms with E-state index in [2.05, 4.69) is 59.7 Å². The molecular weight excluding hydrogens is 228 g/mol. The van der Waals surface area contributed by atoms with E-state index < -0.39 is 0 Å². The molecule has 0 heteroatoms. The van der Waals surface area contributed by atoms with Crippen LogP contribution in [0.1, 0.15) is 76.5 Å². The van der Waals surface area contributed by atoms with E-state index in [-0.39, 0.29) is 5.41 Å². The molecule has 0 amide bonds. The normalized spacial score (nSPS) is 28.4. The Balaban J connectivity index is 2.36. The molecule has 0 aromatic heterocycles. The fourth-order valence-electron chi connectivity index (χ4n) is 3.51. The Labute approximate surface area is 119 Å². The summed E-state index contributed by atoms with van der Waals surface area (Å²) >= 11 is 0. The molecule has 0 nitrogen and oxygen atoms in total. The van der Waals surface area contributed by atoms with Crippen molar-refractivity contribution < 1.29 is 0 Å². The average molecular weight is 258 g/mol. The third-order valence-electron chi connectivity index (χ3n) is 5.10. The summed E-state index contributed by atoms with van der Waals surface area (Å²) in [6.45, 7) is 14.1. The van der Waals surface area contributed by atoms with Crippen LogP contribution in [0.25, 0.3) is 0 Å². The number of hydrogen-bond acceptors (Lipinski definition) is 0. The van der Waals surface area contributed by atoms with Crippen molar-refractivity contribution in [2.75, 3.05) is 0 Å². The van der Waals surface area contributed by atoms with Crippen LogP contribution in [-0.4, -0.2) is 0 Å². The van der Waals surface area contributed by atoms with Crippen molar-refractivity contribution in [2.45, 2.75) is 72.1 Å². The maximum absolute atomic E-state index is 2.48. The van der Waals surface area contributed by atoms with Gasteiger partial charge in [0.25, 0.3) is 0 Å². The lowest BCUT2D eigenvalue weighted by molar-refractivity contribution is 0.238. The molecule has 2 rings (SSSR count). The molecule has 0 saturated heterocycles. The molecule has 1 aromatic carbocycles. The maximum Gasteiger partial charge on any atom is -0.0132 e. The van der Waals surface area contributed by atoms with Gasteiger partial charge in [0.15, 0.2) is 0 Å². The topological polar surface area (TPSA) is 0 Å². The van der Waals surface area contributed by atoms with Crippen LogP contribution in [0.4, 0.5) is 0 Å². The summed E-state index contributed by atoms with van der Waals surface area (Å²) in [5, 5.41) is 0. The summed E-state index contributed by atoms with van der Waals surface area (Å²) in [5.74, 6) is 2.46. The summed E-state index contributed by atoms with van der Waals surface area (Å²) in [7, 11) is 0. The van der Waals surface area contributed by atoms with Gasteiger partial charge in [-0.1, -0.05) is 71.2 Å². The molecule has 0 N–H and O–H groups in total. The Bertz CT molecular complexity index is 436. The molecule has 0 radical (unpaired) electrons. The van der Waals surface area contributed by atoms with Gasteiger partial charge in [-0.25, -0.2) is 0 Å². The summed E-state index contributed by atoms with van der Waals surface area (Å²) in [4.78, 5) is 0. The highest BCUT2D eigenvalue weighted by Crippen LogP contribution is 2.42. The predicted molar refractivity (Wildman–Crippen MR) is 84.8 cm³/mol. The molecule has 1 saturated carbocycles. The molecule has 0 aliphatic heterocycles. The molecule has 0 heterocycles. The summed E-state index contributed by atoms with van der Waals surface area (Å²) in [5.41, 5.74) is 4.76. The average Bonchev–Trinajstić information content (AvgIpc) is 2.31. The molecule has 1 aliphatic rings.